The summed E-state index contributed by atoms with van der Waals surface area (Å²) in [7, 11) is 1.69. The van der Waals surface area contributed by atoms with Crippen LogP contribution >= 0.6 is 22.7 Å². The van der Waals surface area contributed by atoms with Crippen molar-refractivity contribution in [1.29, 1.82) is 0 Å². The molecule has 0 aromatic carbocycles. The standard InChI is InChI=1S/C10H12N2OS2/c1-13-4-3-11-10-12-9(7-15-10)8-2-5-14-6-8/h2,5-7H,3-4H2,1H3,(H,11,12). The molecule has 0 aliphatic carbocycles. The first-order valence-corrected chi connectivity index (χ1v) is 6.43. The summed E-state index contributed by atoms with van der Waals surface area (Å²) in [5.41, 5.74) is 2.23. The van der Waals surface area contributed by atoms with Crippen LogP contribution in [0.25, 0.3) is 11.3 Å². The first kappa shape index (κ1) is 10.6. The molecule has 5 heteroatoms. The summed E-state index contributed by atoms with van der Waals surface area (Å²) in [6.45, 7) is 1.50. The van der Waals surface area contributed by atoms with Crippen molar-refractivity contribution < 1.29 is 4.74 Å². The maximum Gasteiger partial charge on any atom is 0.183 e. The summed E-state index contributed by atoms with van der Waals surface area (Å²) in [6.07, 6.45) is 0. The van der Waals surface area contributed by atoms with Crippen molar-refractivity contribution in [3.05, 3.63) is 22.2 Å². The predicted molar refractivity (Wildman–Crippen MR) is 65.8 cm³/mol. The number of nitrogens with zero attached hydrogens (tertiary/aromatic N) is 1. The Morgan fingerprint density at radius 1 is 1.47 bits per heavy atom. The summed E-state index contributed by atoms with van der Waals surface area (Å²) >= 11 is 3.31. The minimum Gasteiger partial charge on any atom is -0.383 e. The molecule has 0 fully saturated rings. The molecule has 0 spiro atoms. The van der Waals surface area contributed by atoms with Crippen LogP contribution in [0, 0.1) is 0 Å². The van der Waals surface area contributed by atoms with E-state index in [-0.39, 0.29) is 0 Å². The van der Waals surface area contributed by atoms with E-state index in [0.29, 0.717) is 6.61 Å². The van der Waals surface area contributed by atoms with Crippen LogP contribution < -0.4 is 5.32 Å². The van der Waals surface area contributed by atoms with Crippen molar-refractivity contribution in [1.82, 2.24) is 4.98 Å². The molecule has 15 heavy (non-hydrogen) atoms. The number of rotatable bonds is 5. The summed E-state index contributed by atoms with van der Waals surface area (Å²) in [6, 6.07) is 2.08. The fourth-order valence-corrected chi connectivity index (χ4v) is 2.56. The van der Waals surface area contributed by atoms with E-state index >= 15 is 0 Å². The SMILES string of the molecule is COCCNc1nc(-c2ccsc2)cs1. The smallest absolute Gasteiger partial charge is 0.183 e. The van der Waals surface area contributed by atoms with E-state index in [2.05, 4.69) is 32.5 Å². The third-order valence-electron chi connectivity index (χ3n) is 1.90. The molecule has 0 radical (unpaired) electrons. The van der Waals surface area contributed by atoms with Crippen molar-refractivity contribution in [3.63, 3.8) is 0 Å². The molecule has 0 aliphatic rings. The van der Waals surface area contributed by atoms with E-state index in [1.54, 1.807) is 29.8 Å². The van der Waals surface area contributed by atoms with Crippen LogP contribution in [0.2, 0.25) is 0 Å². The minimum absolute atomic E-state index is 0.702. The van der Waals surface area contributed by atoms with Crippen LogP contribution in [0.4, 0.5) is 5.13 Å². The number of hydrogen-bond donors (Lipinski definition) is 1. The summed E-state index contributed by atoms with van der Waals surface area (Å²) in [5.74, 6) is 0. The molecule has 0 aliphatic heterocycles. The molecule has 2 heterocycles. The van der Waals surface area contributed by atoms with Gasteiger partial charge in [-0.05, 0) is 11.4 Å². The van der Waals surface area contributed by atoms with Gasteiger partial charge in [-0.25, -0.2) is 4.98 Å². The lowest BCUT2D eigenvalue weighted by atomic mass is 10.3. The van der Waals surface area contributed by atoms with Gasteiger partial charge in [-0.2, -0.15) is 11.3 Å². The van der Waals surface area contributed by atoms with Gasteiger partial charge in [0.05, 0.1) is 12.3 Å². The summed E-state index contributed by atoms with van der Waals surface area (Å²) in [5, 5.41) is 10.4. The summed E-state index contributed by atoms with van der Waals surface area (Å²) < 4.78 is 4.96. The van der Waals surface area contributed by atoms with E-state index in [1.807, 2.05) is 0 Å². The molecule has 3 nitrogen and oxygen atoms in total. The second-order valence-corrected chi connectivity index (χ2v) is 4.61. The molecule has 80 valence electrons. The van der Waals surface area contributed by atoms with Gasteiger partial charge >= 0.3 is 0 Å². The Morgan fingerprint density at radius 3 is 3.13 bits per heavy atom. The highest BCUT2D eigenvalue weighted by molar-refractivity contribution is 7.14. The molecule has 0 bridgehead atoms. The number of aromatic nitrogens is 1. The van der Waals surface area contributed by atoms with Gasteiger partial charge in [-0.15, -0.1) is 11.3 Å². The molecule has 1 N–H and O–H groups in total. The molecule has 0 saturated heterocycles. The molecule has 0 unspecified atom stereocenters. The van der Waals surface area contributed by atoms with Gasteiger partial charge in [0, 0.05) is 30.0 Å². The molecule has 0 amide bonds. The highest BCUT2D eigenvalue weighted by atomic mass is 32.1. The summed E-state index contributed by atoms with van der Waals surface area (Å²) in [4.78, 5) is 4.48. The second kappa shape index (κ2) is 5.25. The molecule has 2 aromatic heterocycles. The quantitative estimate of drug-likeness (QED) is 0.816. The number of thiazole rings is 1. The monoisotopic (exact) mass is 240 g/mol. The fraction of sp³-hybridized carbons (Fsp3) is 0.300. The van der Waals surface area contributed by atoms with Crippen molar-refractivity contribution in [2.75, 3.05) is 25.6 Å². The Morgan fingerprint density at radius 2 is 2.40 bits per heavy atom. The van der Waals surface area contributed by atoms with Crippen LogP contribution in [-0.4, -0.2) is 25.2 Å². The average molecular weight is 240 g/mol. The van der Waals surface area contributed by atoms with Crippen molar-refractivity contribution in [2.45, 2.75) is 0 Å². The molecular weight excluding hydrogens is 228 g/mol. The highest BCUT2D eigenvalue weighted by Gasteiger charge is 2.03. The molecule has 2 rings (SSSR count). The molecular formula is C10H12N2OS2. The zero-order valence-corrected chi connectivity index (χ0v) is 10.0. The minimum atomic E-state index is 0.702. The Kier molecular flexibility index (Phi) is 3.71. The number of methoxy groups -OCH3 is 1. The van der Waals surface area contributed by atoms with E-state index in [1.165, 1.54) is 5.56 Å². The molecule has 2 aromatic rings. The lowest BCUT2D eigenvalue weighted by molar-refractivity contribution is 0.211. The number of nitrogens with one attached hydrogen (secondary N) is 1. The third-order valence-corrected chi connectivity index (χ3v) is 3.39. The number of hydrogen-bond acceptors (Lipinski definition) is 5. The first-order valence-electron chi connectivity index (χ1n) is 4.61. The second-order valence-electron chi connectivity index (χ2n) is 2.97. The third kappa shape index (κ3) is 2.77. The Bertz CT molecular complexity index is 397. The molecule has 0 atom stereocenters. The van der Waals surface area contributed by atoms with Crippen LogP contribution in [0.3, 0.4) is 0 Å². The zero-order valence-electron chi connectivity index (χ0n) is 8.40. The van der Waals surface area contributed by atoms with Gasteiger partial charge in [-0.3, -0.25) is 0 Å². The van der Waals surface area contributed by atoms with Gasteiger partial charge in [0.2, 0.25) is 0 Å². The Labute approximate surface area is 96.7 Å². The van der Waals surface area contributed by atoms with Crippen LogP contribution in [-0.2, 0) is 4.74 Å². The van der Waals surface area contributed by atoms with E-state index < -0.39 is 0 Å². The topological polar surface area (TPSA) is 34.1 Å². The normalized spacial score (nSPS) is 10.5. The Hall–Kier alpha value is -0.910. The van der Waals surface area contributed by atoms with Gasteiger partial charge in [0.25, 0.3) is 0 Å². The van der Waals surface area contributed by atoms with Crippen molar-refractivity contribution >= 4 is 27.8 Å². The van der Waals surface area contributed by atoms with Crippen molar-refractivity contribution in [2.24, 2.45) is 0 Å². The van der Waals surface area contributed by atoms with Crippen LogP contribution in [0.1, 0.15) is 0 Å². The molecule has 0 saturated carbocycles. The van der Waals surface area contributed by atoms with E-state index in [9.17, 15) is 0 Å². The number of ether oxygens (including phenoxy) is 1. The maximum absolute atomic E-state index is 4.96. The van der Waals surface area contributed by atoms with Crippen LogP contribution in [0.5, 0.6) is 0 Å². The van der Waals surface area contributed by atoms with Gasteiger partial charge in [-0.1, -0.05) is 0 Å². The largest absolute Gasteiger partial charge is 0.383 e. The van der Waals surface area contributed by atoms with Gasteiger partial charge in [0.15, 0.2) is 5.13 Å². The fourth-order valence-electron chi connectivity index (χ4n) is 1.16. The Balaban J connectivity index is 1.98. The number of thiophene rings is 1. The lowest BCUT2D eigenvalue weighted by Crippen LogP contribution is -2.06. The zero-order chi connectivity index (χ0) is 10.5. The first-order chi connectivity index (χ1) is 7.40. The van der Waals surface area contributed by atoms with Crippen LogP contribution in [0.15, 0.2) is 22.2 Å². The lowest BCUT2D eigenvalue weighted by Gasteiger charge is -1.99. The van der Waals surface area contributed by atoms with Gasteiger partial charge in [0.1, 0.15) is 0 Å². The number of anilines is 1. The predicted octanol–water partition coefficient (Wildman–Crippen LogP) is 2.93. The van der Waals surface area contributed by atoms with Crippen molar-refractivity contribution in [3.8, 4) is 11.3 Å². The maximum atomic E-state index is 4.96. The average Bonchev–Trinajstić information content (AvgIpc) is 2.87. The van der Waals surface area contributed by atoms with Gasteiger partial charge < -0.3 is 10.1 Å². The van der Waals surface area contributed by atoms with E-state index in [4.69, 9.17) is 4.74 Å². The highest BCUT2D eigenvalue weighted by Crippen LogP contribution is 2.26. The van der Waals surface area contributed by atoms with E-state index in [0.717, 1.165) is 17.4 Å².